The van der Waals surface area contributed by atoms with E-state index < -0.39 is 6.10 Å². The van der Waals surface area contributed by atoms with E-state index in [1.165, 1.54) is 0 Å². The van der Waals surface area contributed by atoms with Crippen molar-refractivity contribution in [3.63, 3.8) is 0 Å². The van der Waals surface area contributed by atoms with Crippen LogP contribution in [0.1, 0.15) is 12.8 Å². The average Bonchev–Trinajstić information content (AvgIpc) is 3.27. The first kappa shape index (κ1) is 16.8. The van der Waals surface area contributed by atoms with Gasteiger partial charge in [0.2, 0.25) is 6.10 Å². The number of hydrogen-bond acceptors (Lipinski definition) is 6. The molecular weight excluding hydrogens is 356 g/mol. The Hall–Kier alpha value is -3.35. The van der Waals surface area contributed by atoms with Crippen molar-refractivity contribution in [2.75, 3.05) is 29.9 Å². The van der Waals surface area contributed by atoms with Crippen molar-refractivity contribution in [2.45, 2.75) is 18.9 Å². The molecule has 2 aromatic carbocycles. The van der Waals surface area contributed by atoms with E-state index in [9.17, 15) is 4.79 Å². The number of benzene rings is 2. The first-order chi connectivity index (χ1) is 13.8. The van der Waals surface area contributed by atoms with Crippen LogP contribution in [0, 0.1) is 0 Å². The molecule has 1 N–H and O–H groups in total. The van der Waals surface area contributed by atoms with Gasteiger partial charge in [0.25, 0.3) is 5.91 Å². The zero-order valence-electron chi connectivity index (χ0n) is 15.3. The van der Waals surface area contributed by atoms with Gasteiger partial charge in [-0.2, -0.15) is 0 Å². The number of fused-ring (bicyclic) bond motifs is 2. The quantitative estimate of drug-likeness (QED) is 0.757. The van der Waals surface area contributed by atoms with E-state index in [2.05, 4.69) is 15.2 Å². The van der Waals surface area contributed by atoms with Crippen LogP contribution in [0.2, 0.25) is 0 Å². The lowest BCUT2D eigenvalue weighted by Gasteiger charge is -2.26. The summed E-state index contributed by atoms with van der Waals surface area (Å²) in [5, 5.41) is 2.92. The van der Waals surface area contributed by atoms with Gasteiger partial charge in [-0.1, -0.05) is 24.3 Å². The third-order valence-electron chi connectivity index (χ3n) is 5.00. The summed E-state index contributed by atoms with van der Waals surface area (Å²) in [6.45, 7) is 1.97. The van der Waals surface area contributed by atoms with E-state index in [4.69, 9.17) is 14.5 Å². The molecule has 0 unspecified atom stereocenters. The summed E-state index contributed by atoms with van der Waals surface area (Å²) >= 11 is 0. The first-order valence-corrected chi connectivity index (χ1v) is 9.49. The molecule has 2 aliphatic heterocycles. The van der Waals surface area contributed by atoms with Crippen LogP contribution in [0.25, 0.3) is 11.0 Å². The lowest BCUT2D eigenvalue weighted by molar-refractivity contribution is -0.125. The average molecular weight is 376 g/mol. The monoisotopic (exact) mass is 376 g/mol. The number of amides is 1. The molecule has 142 valence electrons. The van der Waals surface area contributed by atoms with Crippen LogP contribution in [0.5, 0.6) is 11.5 Å². The van der Waals surface area contributed by atoms with Crippen molar-refractivity contribution in [3.05, 3.63) is 48.5 Å². The summed E-state index contributed by atoms with van der Waals surface area (Å²) in [6.07, 6.45) is 1.48. The molecule has 0 bridgehead atoms. The Morgan fingerprint density at radius 3 is 2.43 bits per heavy atom. The zero-order chi connectivity index (χ0) is 18.9. The molecule has 1 fully saturated rings. The number of nitrogens with zero attached hydrogens (tertiary/aromatic N) is 3. The Balaban J connectivity index is 1.44. The van der Waals surface area contributed by atoms with Gasteiger partial charge >= 0.3 is 0 Å². The summed E-state index contributed by atoms with van der Waals surface area (Å²) in [6, 6.07) is 15.0. The minimum absolute atomic E-state index is 0.156. The van der Waals surface area contributed by atoms with Gasteiger partial charge in [0.05, 0.1) is 11.0 Å². The molecule has 28 heavy (non-hydrogen) atoms. The predicted molar refractivity (Wildman–Crippen MR) is 106 cm³/mol. The maximum Gasteiger partial charge on any atom is 0.270 e. The number of hydrogen-bond donors (Lipinski definition) is 1. The predicted octanol–water partition coefficient (Wildman–Crippen LogP) is 3.01. The van der Waals surface area contributed by atoms with Crippen molar-refractivity contribution < 1.29 is 14.3 Å². The molecule has 1 saturated heterocycles. The summed E-state index contributed by atoms with van der Waals surface area (Å²) in [4.78, 5) is 24.5. The van der Waals surface area contributed by atoms with Gasteiger partial charge < -0.3 is 19.7 Å². The van der Waals surface area contributed by atoms with Crippen LogP contribution >= 0.6 is 0 Å². The Labute approximate surface area is 162 Å². The van der Waals surface area contributed by atoms with E-state index in [-0.39, 0.29) is 12.5 Å². The number of rotatable bonds is 3. The van der Waals surface area contributed by atoms with Crippen LogP contribution in [-0.2, 0) is 4.79 Å². The van der Waals surface area contributed by atoms with Gasteiger partial charge in [0, 0.05) is 13.1 Å². The number of ether oxygens (including phenoxy) is 2. The number of para-hydroxylation sites is 4. The van der Waals surface area contributed by atoms with Crippen molar-refractivity contribution in [1.82, 2.24) is 9.97 Å². The van der Waals surface area contributed by atoms with Crippen molar-refractivity contribution >= 4 is 28.6 Å². The first-order valence-electron chi connectivity index (χ1n) is 9.49. The Bertz CT molecular complexity index is 1030. The van der Waals surface area contributed by atoms with Crippen molar-refractivity contribution in [1.29, 1.82) is 0 Å². The van der Waals surface area contributed by atoms with Crippen LogP contribution in [0.3, 0.4) is 0 Å². The maximum atomic E-state index is 12.9. The zero-order valence-corrected chi connectivity index (χ0v) is 15.3. The lowest BCUT2D eigenvalue weighted by Crippen LogP contribution is -2.40. The van der Waals surface area contributed by atoms with Gasteiger partial charge in [0.15, 0.2) is 23.1 Å². The highest BCUT2D eigenvalue weighted by Crippen LogP contribution is 2.32. The molecule has 1 atom stereocenters. The Morgan fingerprint density at radius 2 is 1.64 bits per heavy atom. The number of carbonyl (C=O) groups excluding carboxylic acids is 1. The summed E-state index contributed by atoms with van der Waals surface area (Å²) in [5.74, 6) is 2.10. The molecule has 3 heterocycles. The third-order valence-corrected chi connectivity index (χ3v) is 5.00. The Morgan fingerprint density at radius 1 is 0.964 bits per heavy atom. The highest BCUT2D eigenvalue weighted by Gasteiger charge is 2.29. The fourth-order valence-electron chi connectivity index (χ4n) is 3.57. The molecule has 0 saturated carbocycles. The van der Waals surface area contributed by atoms with Crippen LogP contribution in [-0.4, -0.2) is 41.7 Å². The van der Waals surface area contributed by atoms with Crippen LogP contribution < -0.4 is 19.7 Å². The molecule has 2 aliphatic rings. The minimum atomic E-state index is -0.741. The van der Waals surface area contributed by atoms with Crippen molar-refractivity contribution in [3.8, 4) is 11.5 Å². The van der Waals surface area contributed by atoms with Gasteiger partial charge in [0.1, 0.15) is 6.61 Å². The highest BCUT2D eigenvalue weighted by molar-refractivity contribution is 5.97. The number of anilines is 2. The van der Waals surface area contributed by atoms with E-state index in [1.54, 1.807) is 6.07 Å². The SMILES string of the molecule is O=C(Nc1nc2ccccc2nc1N1CCCC1)[C@H]1COc2ccccc2O1. The van der Waals surface area contributed by atoms with Crippen LogP contribution in [0.15, 0.2) is 48.5 Å². The fourth-order valence-corrected chi connectivity index (χ4v) is 3.57. The molecule has 1 amide bonds. The van der Waals surface area contributed by atoms with E-state index >= 15 is 0 Å². The maximum absolute atomic E-state index is 12.9. The topological polar surface area (TPSA) is 76.6 Å². The smallest absolute Gasteiger partial charge is 0.270 e. The second-order valence-corrected chi connectivity index (χ2v) is 6.93. The number of nitrogens with one attached hydrogen (secondary N) is 1. The molecule has 5 rings (SSSR count). The molecule has 7 nitrogen and oxygen atoms in total. The number of carbonyl (C=O) groups is 1. The second-order valence-electron chi connectivity index (χ2n) is 6.93. The van der Waals surface area contributed by atoms with Gasteiger partial charge in [-0.3, -0.25) is 4.79 Å². The summed E-state index contributed by atoms with van der Waals surface area (Å²) < 4.78 is 11.5. The van der Waals surface area contributed by atoms with Crippen molar-refractivity contribution in [2.24, 2.45) is 0 Å². The Kier molecular flexibility index (Phi) is 4.20. The molecular formula is C21H20N4O3. The molecule has 1 aromatic heterocycles. The van der Waals surface area contributed by atoms with Gasteiger partial charge in [-0.15, -0.1) is 0 Å². The molecule has 0 radical (unpaired) electrons. The van der Waals surface area contributed by atoms with E-state index in [1.807, 2.05) is 42.5 Å². The third kappa shape index (κ3) is 3.09. The lowest BCUT2D eigenvalue weighted by atomic mass is 10.2. The highest BCUT2D eigenvalue weighted by atomic mass is 16.6. The van der Waals surface area contributed by atoms with E-state index in [0.717, 1.165) is 37.0 Å². The molecule has 0 aliphatic carbocycles. The summed E-state index contributed by atoms with van der Waals surface area (Å²) in [7, 11) is 0. The molecule has 7 heteroatoms. The summed E-state index contributed by atoms with van der Waals surface area (Å²) in [5.41, 5.74) is 1.56. The standard InChI is InChI=1S/C21H20N4O3/c26-21(18-13-27-16-9-3-4-10-17(16)28-18)24-19-20(25-11-5-6-12-25)23-15-8-2-1-7-14(15)22-19/h1-4,7-10,18H,5-6,11-13H2,(H,22,24,26)/t18-/m1/s1. The largest absolute Gasteiger partial charge is 0.485 e. The molecule has 0 spiro atoms. The number of aromatic nitrogens is 2. The normalized spacial score (nSPS) is 18.3. The van der Waals surface area contributed by atoms with E-state index in [0.29, 0.717) is 23.1 Å². The van der Waals surface area contributed by atoms with Gasteiger partial charge in [-0.05, 0) is 37.1 Å². The minimum Gasteiger partial charge on any atom is -0.485 e. The second kappa shape index (κ2) is 6.99. The van der Waals surface area contributed by atoms with Gasteiger partial charge in [-0.25, -0.2) is 9.97 Å². The molecule has 3 aromatic rings. The van der Waals surface area contributed by atoms with Crippen LogP contribution in [0.4, 0.5) is 11.6 Å². The fraction of sp³-hybridized carbons (Fsp3) is 0.286.